The molecule has 0 aliphatic rings. The monoisotopic (exact) mass is 453 g/mol. The van der Waals surface area contributed by atoms with E-state index >= 15 is 0 Å². The minimum atomic E-state index is -0.573. The van der Waals surface area contributed by atoms with Crippen LogP contribution >= 0.6 is 11.6 Å². The highest BCUT2D eigenvalue weighted by Gasteiger charge is 2.11. The second-order valence-electron chi connectivity index (χ2n) is 6.53. The third-order valence-electron chi connectivity index (χ3n) is 4.20. The molecule has 32 heavy (non-hydrogen) atoms. The molecule has 0 aliphatic heterocycles. The Bertz CT molecular complexity index is 1090. The van der Waals surface area contributed by atoms with Crippen molar-refractivity contribution < 1.29 is 19.2 Å². The van der Waals surface area contributed by atoms with E-state index in [1.54, 1.807) is 24.4 Å². The van der Waals surface area contributed by atoms with Crippen molar-refractivity contribution in [3.05, 3.63) is 99.2 Å². The Morgan fingerprint density at radius 3 is 2.59 bits per heavy atom. The summed E-state index contributed by atoms with van der Waals surface area (Å²) < 4.78 is 11.1. The van der Waals surface area contributed by atoms with Crippen molar-refractivity contribution in [2.75, 3.05) is 13.2 Å². The standard InChI is InChI=1S/C23H20ClN3O5/c24-20-9-6-17(14-21(20)27(29)30)7-10-22(28)25-15-18-8-11-23(26-16-18)32-13-12-31-19-4-2-1-3-5-19/h1-11,14,16H,12-13,15H2,(H,25,28)/b10-7+. The van der Waals surface area contributed by atoms with E-state index in [1.165, 1.54) is 24.3 Å². The first-order valence-corrected chi connectivity index (χ1v) is 10.0. The number of halogens is 1. The quantitative estimate of drug-likeness (QED) is 0.211. The van der Waals surface area contributed by atoms with Crippen LogP contribution in [0.25, 0.3) is 6.08 Å². The van der Waals surface area contributed by atoms with Gasteiger partial charge in [0, 0.05) is 31.0 Å². The SMILES string of the molecule is O=C(/C=C/c1ccc(Cl)c([N+](=O)[O-])c1)NCc1ccc(OCCOc2ccccc2)nc1. The van der Waals surface area contributed by atoms with Gasteiger partial charge in [0.25, 0.3) is 5.69 Å². The third-order valence-corrected chi connectivity index (χ3v) is 4.52. The van der Waals surface area contributed by atoms with Gasteiger partial charge in [-0.15, -0.1) is 0 Å². The van der Waals surface area contributed by atoms with E-state index < -0.39 is 4.92 Å². The van der Waals surface area contributed by atoms with Crippen LogP contribution in [-0.4, -0.2) is 29.0 Å². The zero-order valence-corrected chi connectivity index (χ0v) is 17.7. The van der Waals surface area contributed by atoms with Crippen LogP contribution in [-0.2, 0) is 11.3 Å². The van der Waals surface area contributed by atoms with Gasteiger partial charge in [-0.3, -0.25) is 14.9 Å². The molecular weight excluding hydrogens is 434 g/mol. The minimum absolute atomic E-state index is 0.0419. The van der Waals surface area contributed by atoms with Crippen LogP contribution in [0.15, 0.2) is 72.9 Å². The van der Waals surface area contributed by atoms with Crippen LogP contribution in [0.2, 0.25) is 5.02 Å². The number of carbonyl (C=O) groups excluding carboxylic acids is 1. The Balaban J connectivity index is 1.41. The van der Waals surface area contributed by atoms with Crippen molar-refractivity contribution in [1.29, 1.82) is 0 Å². The fraction of sp³-hybridized carbons (Fsp3) is 0.130. The minimum Gasteiger partial charge on any atom is -0.490 e. The molecule has 8 nitrogen and oxygen atoms in total. The van der Waals surface area contributed by atoms with E-state index in [1.807, 2.05) is 30.3 Å². The van der Waals surface area contributed by atoms with E-state index in [4.69, 9.17) is 21.1 Å². The van der Waals surface area contributed by atoms with E-state index in [0.717, 1.165) is 11.3 Å². The summed E-state index contributed by atoms with van der Waals surface area (Å²) in [6.07, 6.45) is 4.38. The number of hydrogen-bond acceptors (Lipinski definition) is 6. The lowest BCUT2D eigenvalue weighted by molar-refractivity contribution is -0.384. The van der Waals surface area contributed by atoms with Crippen molar-refractivity contribution in [3.8, 4) is 11.6 Å². The molecule has 1 amide bonds. The maximum Gasteiger partial charge on any atom is 0.288 e. The molecule has 1 N–H and O–H groups in total. The number of amides is 1. The molecule has 1 aromatic heterocycles. The first kappa shape index (κ1) is 22.8. The van der Waals surface area contributed by atoms with Crippen molar-refractivity contribution in [2.24, 2.45) is 0 Å². The fourth-order valence-corrected chi connectivity index (χ4v) is 2.80. The summed E-state index contributed by atoms with van der Waals surface area (Å²) in [4.78, 5) is 26.6. The van der Waals surface area contributed by atoms with Crippen LogP contribution in [0.3, 0.4) is 0 Å². The summed E-state index contributed by atoms with van der Waals surface area (Å²) in [5.41, 5.74) is 1.08. The van der Waals surface area contributed by atoms with Crippen LogP contribution in [0, 0.1) is 10.1 Å². The number of ether oxygens (including phenoxy) is 2. The van der Waals surface area contributed by atoms with Gasteiger partial charge in [0.1, 0.15) is 24.0 Å². The molecule has 0 unspecified atom stereocenters. The average Bonchev–Trinajstić information content (AvgIpc) is 2.81. The molecule has 3 aromatic rings. The maximum atomic E-state index is 12.0. The van der Waals surface area contributed by atoms with E-state index in [-0.39, 0.29) is 23.2 Å². The van der Waals surface area contributed by atoms with Gasteiger partial charge in [-0.25, -0.2) is 4.98 Å². The van der Waals surface area contributed by atoms with Gasteiger partial charge in [0.15, 0.2) is 0 Å². The van der Waals surface area contributed by atoms with Gasteiger partial charge < -0.3 is 14.8 Å². The number of nitrogens with zero attached hydrogens (tertiary/aromatic N) is 2. The predicted molar refractivity (Wildman–Crippen MR) is 121 cm³/mol. The lowest BCUT2D eigenvalue weighted by atomic mass is 10.2. The number of hydrogen-bond donors (Lipinski definition) is 1. The first-order chi connectivity index (χ1) is 15.5. The zero-order valence-electron chi connectivity index (χ0n) is 16.9. The molecule has 0 atom stereocenters. The fourth-order valence-electron chi connectivity index (χ4n) is 2.62. The predicted octanol–water partition coefficient (Wildman–Crippen LogP) is 4.43. The molecule has 1 heterocycles. The summed E-state index contributed by atoms with van der Waals surface area (Å²) in [7, 11) is 0. The Morgan fingerprint density at radius 2 is 1.88 bits per heavy atom. The number of carbonyl (C=O) groups is 1. The Labute approximate surface area is 189 Å². The zero-order chi connectivity index (χ0) is 22.8. The van der Waals surface area contributed by atoms with Crippen molar-refractivity contribution in [1.82, 2.24) is 10.3 Å². The first-order valence-electron chi connectivity index (χ1n) is 9.67. The van der Waals surface area contributed by atoms with E-state index in [0.29, 0.717) is 24.7 Å². The number of aromatic nitrogens is 1. The Kier molecular flexibility index (Phi) is 8.16. The topological polar surface area (TPSA) is 104 Å². The number of rotatable bonds is 10. The van der Waals surface area contributed by atoms with Gasteiger partial charge >= 0.3 is 0 Å². The highest BCUT2D eigenvalue weighted by Crippen LogP contribution is 2.25. The van der Waals surface area contributed by atoms with Crippen molar-refractivity contribution >= 4 is 29.3 Å². The van der Waals surface area contributed by atoms with Gasteiger partial charge in [-0.05, 0) is 35.4 Å². The Morgan fingerprint density at radius 1 is 1.09 bits per heavy atom. The van der Waals surface area contributed by atoms with E-state index in [9.17, 15) is 14.9 Å². The van der Waals surface area contributed by atoms with Gasteiger partial charge in [-0.1, -0.05) is 41.9 Å². The summed E-state index contributed by atoms with van der Waals surface area (Å²) >= 11 is 5.78. The van der Waals surface area contributed by atoms with Gasteiger partial charge in [0.05, 0.1) is 4.92 Å². The molecule has 0 saturated heterocycles. The van der Waals surface area contributed by atoms with Gasteiger partial charge in [-0.2, -0.15) is 0 Å². The third kappa shape index (κ3) is 7.10. The molecule has 0 bridgehead atoms. The average molecular weight is 454 g/mol. The smallest absolute Gasteiger partial charge is 0.288 e. The second kappa shape index (κ2) is 11.5. The summed E-state index contributed by atoms with van der Waals surface area (Å²) in [5.74, 6) is 0.889. The molecule has 9 heteroatoms. The summed E-state index contributed by atoms with van der Waals surface area (Å²) in [6, 6.07) is 17.3. The molecule has 0 saturated carbocycles. The molecule has 0 aliphatic carbocycles. The lowest BCUT2D eigenvalue weighted by Crippen LogP contribution is -2.20. The van der Waals surface area contributed by atoms with Crippen LogP contribution < -0.4 is 14.8 Å². The van der Waals surface area contributed by atoms with E-state index in [2.05, 4.69) is 10.3 Å². The number of para-hydroxylation sites is 1. The molecule has 2 aromatic carbocycles. The highest BCUT2D eigenvalue weighted by molar-refractivity contribution is 6.32. The molecule has 3 rings (SSSR count). The lowest BCUT2D eigenvalue weighted by Gasteiger charge is -2.08. The summed E-state index contributed by atoms with van der Waals surface area (Å²) in [6.45, 7) is 1.02. The number of nitrogens with one attached hydrogen (secondary N) is 1. The number of nitro groups is 1. The molecule has 0 spiro atoms. The maximum absolute atomic E-state index is 12.0. The molecule has 0 fully saturated rings. The van der Waals surface area contributed by atoms with Crippen LogP contribution in [0.5, 0.6) is 11.6 Å². The van der Waals surface area contributed by atoms with Crippen molar-refractivity contribution in [3.63, 3.8) is 0 Å². The van der Waals surface area contributed by atoms with Gasteiger partial charge in [0.2, 0.25) is 11.8 Å². The number of nitro benzene ring substituents is 1. The van der Waals surface area contributed by atoms with Crippen LogP contribution in [0.4, 0.5) is 5.69 Å². The molecular formula is C23H20ClN3O5. The largest absolute Gasteiger partial charge is 0.490 e. The highest BCUT2D eigenvalue weighted by atomic mass is 35.5. The summed E-state index contributed by atoms with van der Waals surface area (Å²) in [5, 5.41) is 13.7. The molecule has 164 valence electrons. The normalized spacial score (nSPS) is 10.7. The number of benzene rings is 2. The number of pyridine rings is 1. The van der Waals surface area contributed by atoms with Crippen molar-refractivity contribution in [2.45, 2.75) is 6.54 Å². The van der Waals surface area contributed by atoms with Crippen LogP contribution in [0.1, 0.15) is 11.1 Å². The second-order valence-corrected chi connectivity index (χ2v) is 6.94. The Hall–Kier alpha value is -3.91. The molecule has 0 radical (unpaired) electrons.